The van der Waals surface area contributed by atoms with Crippen LogP contribution in [0.25, 0.3) is 0 Å². The molecule has 1 aliphatic rings. The number of sulfonamides is 1. The third-order valence-electron chi connectivity index (χ3n) is 2.84. The number of hydrogen-bond donors (Lipinski definition) is 2. The lowest BCUT2D eigenvalue weighted by atomic mass is 10.2. The zero-order valence-corrected chi connectivity index (χ0v) is 13.4. The summed E-state index contributed by atoms with van der Waals surface area (Å²) in [6.07, 6.45) is 1.52. The van der Waals surface area contributed by atoms with Gasteiger partial charge in [0, 0.05) is 11.4 Å². The maximum Gasteiger partial charge on any atom is 0.242 e. The van der Waals surface area contributed by atoms with Gasteiger partial charge in [-0.2, -0.15) is 0 Å². The van der Waals surface area contributed by atoms with Crippen molar-refractivity contribution in [2.24, 2.45) is 0 Å². The Labute approximate surface area is 125 Å². The Morgan fingerprint density at radius 2 is 1.90 bits per heavy atom. The van der Waals surface area contributed by atoms with Crippen molar-refractivity contribution >= 4 is 25.5 Å². The minimum absolute atomic E-state index is 0.0704. The summed E-state index contributed by atoms with van der Waals surface area (Å²) >= 11 is 0. The van der Waals surface area contributed by atoms with E-state index in [-0.39, 0.29) is 16.7 Å². The Morgan fingerprint density at radius 3 is 2.48 bits per heavy atom. The van der Waals surface area contributed by atoms with E-state index in [1.54, 1.807) is 32.0 Å². The number of sulfone groups is 1. The van der Waals surface area contributed by atoms with Crippen molar-refractivity contribution in [2.45, 2.75) is 30.8 Å². The van der Waals surface area contributed by atoms with Gasteiger partial charge < -0.3 is 5.32 Å². The molecule has 1 aromatic rings. The highest BCUT2D eigenvalue weighted by Gasteiger charge is 2.24. The van der Waals surface area contributed by atoms with Crippen LogP contribution in [0.2, 0.25) is 0 Å². The molecular formula is C13H18N2O4S2. The molecule has 0 fully saturated rings. The van der Waals surface area contributed by atoms with Gasteiger partial charge in [0.1, 0.15) is 4.90 Å². The van der Waals surface area contributed by atoms with Crippen LogP contribution in [0.5, 0.6) is 0 Å². The van der Waals surface area contributed by atoms with Crippen LogP contribution in [0.3, 0.4) is 0 Å². The molecule has 0 saturated heterocycles. The lowest BCUT2D eigenvalue weighted by Crippen LogP contribution is -2.31. The summed E-state index contributed by atoms with van der Waals surface area (Å²) in [4.78, 5) is 0.108. The van der Waals surface area contributed by atoms with E-state index < -0.39 is 25.9 Å². The van der Waals surface area contributed by atoms with Crippen LogP contribution in [0.1, 0.15) is 13.8 Å². The first kappa shape index (κ1) is 16.0. The Balaban J connectivity index is 2.28. The zero-order valence-electron chi connectivity index (χ0n) is 11.8. The molecule has 0 amide bonds. The van der Waals surface area contributed by atoms with Gasteiger partial charge in [0.2, 0.25) is 10.0 Å². The standard InChI is InChI=1S/C13H18N2O4S2/c1-10(2)15-21(18,19)13-6-4-3-5-12(13)14-11-7-8-20(16,17)9-11/h3-8,10-11,14-15H,9H2,1-2H3. The number of benzene rings is 1. The van der Waals surface area contributed by atoms with Crippen molar-refractivity contribution in [3.63, 3.8) is 0 Å². The van der Waals surface area contributed by atoms with Gasteiger partial charge in [0.05, 0.1) is 17.5 Å². The molecule has 0 aliphatic carbocycles. The quantitative estimate of drug-likeness (QED) is 0.843. The van der Waals surface area contributed by atoms with E-state index in [0.29, 0.717) is 5.69 Å². The maximum atomic E-state index is 12.3. The van der Waals surface area contributed by atoms with Gasteiger partial charge in [-0.25, -0.2) is 21.6 Å². The molecule has 8 heteroatoms. The van der Waals surface area contributed by atoms with Crippen molar-refractivity contribution in [2.75, 3.05) is 11.1 Å². The molecule has 1 atom stereocenters. The number of hydrogen-bond acceptors (Lipinski definition) is 5. The SMILES string of the molecule is CC(C)NS(=O)(=O)c1ccccc1NC1C=CS(=O)(=O)C1. The van der Waals surface area contributed by atoms with Crippen LogP contribution in [0, 0.1) is 0 Å². The summed E-state index contributed by atoms with van der Waals surface area (Å²) < 4.78 is 49.9. The summed E-state index contributed by atoms with van der Waals surface area (Å²) in [5.74, 6) is -0.0704. The van der Waals surface area contributed by atoms with Gasteiger partial charge in [0.25, 0.3) is 0 Å². The minimum atomic E-state index is -3.65. The highest BCUT2D eigenvalue weighted by molar-refractivity contribution is 7.94. The number of rotatable bonds is 5. The van der Waals surface area contributed by atoms with Gasteiger partial charge in [-0.05, 0) is 26.0 Å². The first-order valence-corrected chi connectivity index (χ1v) is 9.68. The Hall–Kier alpha value is -1.38. The summed E-state index contributed by atoms with van der Waals surface area (Å²) in [5, 5.41) is 4.11. The fourth-order valence-electron chi connectivity index (χ4n) is 2.06. The van der Waals surface area contributed by atoms with Gasteiger partial charge in [-0.1, -0.05) is 18.2 Å². The lowest BCUT2D eigenvalue weighted by Gasteiger charge is -2.17. The second kappa shape index (κ2) is 5.78. The summed E-state index contributed by atoms with van der Waals surface area (Å²) in [6.45, 7) is 3.47. The van der Waals surface area contributed by atoms with Crippen molar-refractivity contribution < 1.29 is 16.8 Å². The molecule has 21 heavy (non-hydrogen) atoms. The molecule has 2 rings (SSSR count). The highest BCUT2D eigenvalue weighted by atomic mass is 32.2. The molecule has 2 N–H and O–H groups in total. The minimum Gasteiger partial charge on any atom is -0.377 e. The van der Waals surface area contributed by atoms with E-state index in [2.05, 4.69) is 10.0 Å². The largest absolute Gasteiger partial charge is 0.377 e. The van der Waals surface area contributed by atoms with Crippen molar-refractivity contribution in [1.29, 1.82) is 0 Å². The second-order valence-electron chi connectivity index (χ2n) is 5.18. The normalized spacial score (nSPS) is 20.8. The first-order chi connectivity index (χ1) is 9.70. The van der Waals surface area contributed by atoms with Crippen LogP contribution in [0.4, 0.5) is 5.69 Å². The van der Waals surface area contributed by atoms with E-state index in [0.717, 1.165) is 5.41 Å². The zero-order chi connectivity index (χ0) is 15.7. The highest BCUT2D eigenvalue weighted by Crippen LogP contribution is 2.23. The third kappa shape index (κ3) is 4.05. The van der Waals surface area contributed by atoms with E-state index in [1.165, 1.54) is 12.1 Å². The van der Waals surface area contributed by atoms with Crippen LogP contribution in [-0.2, 0) is 19.9 Å². The van der Waals surface area contributed by atoms with Crippen molar-refractivity contribution in [1.82, 2.24) is 4.72 Å². The predicted molar refractivity (Wildman–Crippen MR) is 82.2 cm³/mol. The Bertz CT molecular complexity index is 752. The van der Waals surface area contributed by atoms with E-state index in [4.69, 9.17) is 0 Å². The molecule has 1 aliphatic heterocycles. The van der Waals surface area contributed by atoms with Crippen LogP contribution in [-0.4, -0.2) is 34.7 Å². The summed E-state index contributed by atoms with van der Waals surface area (Å²) in [5.41, 5.74) is 0.386. The molecule has 0 spiro atoms. The fraction of sp³-hybridized carbons (Fsp3) is 0.385. The topological polar surface area (TPSA) is 92.3 Å². The van der Waals surface area contributed by atoms with E-state index in [9.17, 15) is 16.8 Å². The maximum absolute atomic E-state index is 12.3. The molecular weight excluding hydrogens is 312 g/mol. The molecule has 1 unspecified atom stereocenters. The van der Waals surface area contributed by atoms with E-state index in [1.807, 2.05) is 0 Å². The molecule has 1 aromatic carbocycles. The van der Waals surface area contributed by atoms with Crippen LogP contribution < -0.4 is 10.0 Å². The summed E-state index contributed by atoms with van der Waals surface area (Å²) in [7, 11) is -6.84. The molecule has 0 radical (unpaired) electrons. The molecule has 116 valence electrons. The van der Waals surface area contributed by atoms with Crippen molar-refractivity contribution in [3.05, 3.63) is 35.7 Å². The lowest BCUT2D eigenvalue weighted by molar-refractivity contribution is 0.570. The molecule has 1 heterocycles. The van der Waals surface area contributed by atoms with Crippen LogP contribution >= 0.6 is 0 Å². The third-order valence-corrected chi connectivity index (χ3v) is 5.95. The van der Waals surface area contributed by atoms with Gasteiger partial charge >= 0.3 is 0 Å². The monoisotopic (exact) mass is 330 g/mol. The predicted octanol–water partition coefficient (Wildman–Crippen LogP) is 1.10. The number of para-hydroxylation sites is 1. The van der Waals surface area contributed by atoms with Gasteiger partial charge in [-0.15, -0.1) is 0 Å². The average Bonchev–Trinajstić information content (AvgIpc) is 2.67. The summed E-state index contributed by atoms with van der Waals surface area (Å²) in [6, 6.07) is 5.78. The van der Waals surface area contributed by atoms with Gasteiger partial charge in [0.15, 0.2) is 9.84 Å². The molecule has 6 nitrogen and oxygen atoms in total. The Kier molecular flexibility index (Phi) is 4.40. The van der Waals surface area contributed by atoms with Gasteiger partial charge in [-0.3, -0.25) is 0 Å². The number of anilines is 1. The molecule has 0 saturated carbocycles. The fourth-order valence-corrected chi connectivity index (χ4v) is 4.72. The molecule has 0 bridgehead atoms. The van der Waals surface area contributed by atoms with Crippen molar-refractivity contribution in [3.8, 4) is 0 Å². The average molecular weight is 330 g/mol. The second-order valence-corrected chi connectivity index (χ2v) is 8.79. The first-order valence-electron chi connectivity index (χ1n) is 6.48. The smallest absolute Gasteiger partial charge is 0.242 e. The number of nitrogens with one attached hydrogen (secondary N) is 2. The van der Waals surface area contributed by atoms with E-state index >= 15 is 0 Å². The Morgan fingerprint density at radius 1 is 1.24 bits per heavy atom. The van der Waals surface area contributed by atoms with Crippen LogP contribution in [0.15, 0.2) is 40.6 Å². The molecule has 0 aromatic heterocycles.